The molecule has 0 saturated carbocycles. The molecule has 0 fully saturated rings. The molecule has 5 heteroatoms. The van der Waals surface area contributed by atoms with Crippen LogP contribution in [0, 0.1) is 0 Å². The Kier molecular flexibility index (Phi) is 3.92. The Morgan fingerprint density at radius 2 is 2.00 bits per heavy atom. The minimum atomic E-state index is -0.515. The van der Waals surface area contributed by atoms with Crippen molar-refractivity contribution in [2.75, 3.05) is 0 Å². The largest absolute Gasteiger partial charge is 0.352 e. The number of carbonyl (C=O) groups excluding carboxylic acids is 1. The van der Waals surface area contributed by atoms with Gasteiger partial charge in [0.2, 0.25) is 0 Å². The summed E-state index contributed by atoms with van der Waals surface area (Å²) in [6.07, 6.45) is 6.35. The van der Waals surface area contributed by atoms with Gasteiger partial charge in [-0.25, -0.2) is 19.7 Å². The van der Waals surface area contributed by atoms with Crippen LogP contribution in [0.5, 0.6) is 5.88 Å². The minimum Gasteiger partial charge on any atom is -0.264 e. The van der Waals surface area contributed by atoms with Gasteiger partial charge in [0.15, 0.2) is 0 Å². The van der Waals surface area contributed by atoms with Gasteiger partial charge in [0.05, 0.1) is 11.4 Å². The van der Waals surface area contributed by atoms with Gasteiger partial charge in [-0.15, -0.1) is 6.58 Å². The van der Waals surface area contributed by atoms with Crippen molar-refractivity contribution in [3.8, 4) is 5.88 Å². The number of allylic oxidation sites excluding steroid dienone is 1. The van der Waals surface area contributed by atoms with E-state index in [1.54, 1.807) is 6.08 Å². The third-order valence-electron chi connectivity index (χ3n) is 2.74. The van der Waals surface area contributed by atoms with Crippen molar-refractivity contribution < 1.29 is 14.6 Å². The highest BCUT2D eigenvalue weighted by Gasteiger charge is 2.18. The van der Waals surface area contributed by atoms with Crippen LogP contribution in [0.2, 0.25) is 0 Å². The molecule has 1 aliphatic rings. The molecule has 1 aliphatic carbocycles. The van der Waals surface area contributed by atoms with Gasteiger partial charge in [0.25, 0.3) is 5.88 Å². The molecule has 0 spiro atoms. The zero-order valence-electron chi connectivity index (χ0n) is 10.4. The first-order valence-electron chi connectivity index (χ1n) is 6.05. The van der Waals surface area contributed by atoms with Crippen LogP contribution in [-0.4, -0.2) is 15.9 Å². The van der Waals surface area contributed by atoms with Gasteiger partial charge in [0, 0.05) is 13.3 Å². The predicted molar refractivity (Wildman–Crippen MR) is 65.0 cm³/mol. The van der Waals surface area contributed by atoms with E-state index in [4.69, 9.17) is 4.89 Å². The molecule has 0 radical (unpaired) electrons. The molecule has 0 saturated heterocycles. The van der Waals surface area contributed by atoms with Gasteiger partial charge < -0.3 is 0 Å². The van der Waals surface area contributed by atoms with Crippen molar-refractivity contribution >= 4 is 5.97 Å². The monoisotopic (exact) mass is 248 g/mol. The van der Waals surface area contributed by atoms with E-state index in [1.807, 2.05) is 0 Å². The van der Waals surface area contributed by atoms with Gasteiger partial charge in [-0.3, -0.25) is 4.89 Å². The molecule has 2 rings (SSSR count). The second-order valence-electron chi connectivity index (χ2n) is 4.23. The molecule has 1 aromatic heterocycles. The highest BCUT2D eigenvalue weighted by atomic mass is 17.2. The Bertz CT molecular complexity index is 472. The molecule has 0 aromatic carbocycles. The standard InChI is InChI=1S/C13H16N2O3/c1-3-6-12-13(18-17-9(2)16)15-11-8-5-4-7-10(11)14-12/h3H,1,4-8H2,2H3. The van der Waals surface area contributed by atoms with E-state index in [0.29, 0.717) is 12.1 Å². The number of aryl methyl sites for hydroxylation is 2. The molecule has 0 unspecified atom stereocenters. The highest BCUT2D eigenvalue weighted by molar-refractivity contribution is 5.65. The Morgan fingerprint density at radius 1 is 1.33 bits per heavy atom. The third-order valence-corrected chi connectivity index (χ3v) is 2.74. The summed E-state index contributed by atoms with van der Waals surface area (Å²) in [7, 11) is 0. The van der Waals surface area contributed by atoms with Gasteiger partial charge in [0.1, 0.15) is 5.69 Å². The molecule has 1 heterocycles. The van der Waals surface area contributed by atoms with Gasteiger partial charge in [-0.2, -0.15) is 0 Å². The van der Waals surface area contributed by atoms with E-state index in [9.17, 15) is 4.79 Å². The summed E-state index contributed by atoms with van der Waals surface area (Å²) in [5, 5.41) is 0. The van der Waals surface area contributed by atoms with E-state index in [1.165, 1.54) is 6.92 Å². The maximum absolute atomic E-state index is 10.8. The lowest BCUT2D eigenvalue weighted by Crippen LogP contribution is -2.14. The smallest absolute Gasteiger partial charge is 0.264 e. The van der Waals surface area contributed by atoms with E-state index in [-0.39, 0.29) is 5.88 Å². The van der Waals surface area contributed by atoms with E-state index >= 15 is 0 Å². The molecule has 0 amide bonds. The molecular formula is C13H16N2O3. The minimum absolute atomic E-state index is 0.269. The molecule has 5 nitrogen and oxygen atoms in total. The van der Waals surface area contributed by atoms with Crippen LogP contribution in [-0.2, 0) is 28.9 Å². The topological polar surface area (TPSA) is 61.3 Å². The van der Waals surface area contributed by atoms with Crippen molar-refractivity contribution in [1.82, 2.24) is 9.97 Å². The Hall–Kier alpha value is -1.91. The van der Waals surface area contributed by atoms with E-state index in [0.717, 1.165) is 37.1 Å². The first kappa shape index (κ1) is 12.5. The van der Waals surface area contributed by atoms with Crippen LogP contribution in [0.25, 0.3) is 0 Å². The van der Waals surface area contributed by atoms with Crippen molar-refractivity contribution in [3.05, 3.63) is 29.7 Å². The zero-order chi connectivity index (χ0) is 13.0. The Labute approximate surface area is 106 Å². The van der Waals surface area contributed by atoms with Crippen LogP contribution in [0.15, 0.2) is 12.7 Å². The summed E-state index contributed by atoms with van der Waals surface area (Å²) in [6, 6.07) is 0. The summed E-state index contributed by atoms with van der Waals surface area (Å²) in [4.78, 5) is 29.2. The van der Waals surface area contributed by atoms with Gasteiger partial charge >= 0.3 is 5.97 Å². The van der Waals surface area contributed by atoms with Crippen molar-refractivity contribution in [2.45, 2.75) is 39.0 Å². The molecular weight excluding hydrogens is 232 g/mol. The second-order valence-corrected chi connectivity index (χ2v) is 4.23. The molecule has 0 bridgehead atoms. The number of rotatable bonds is 4. The number of carbonyl (C=O) groups is 1. The average molecular weight is 248 g/mol. The maximum atomic E-state index is 10.8. The Morgan fingerprint density at radius 3 is 2.61 bits per heavy atom. The van der Waals surface area contributed by atoms with Crippen LogP contribution < -0.4 is 4.89 Å². The van der Waals surface area contributed by atoms with Crippen LogP contribution >= 0.6 is 0 Å². The number of nitrogens with zero attached hydrogens (tertiary/aromatic N) is 2. The molecule has 0 aliphatic heterocycles. The first-order chi connectivity index (χ1) is 8.70. The fourth-order valence-electron chi connectivity index (χ4n) is 1.95. The number of fused-ring (bicyclic) bond motifs is 1. The number of hydrogen-bond acceptors (Lipinski definition) is 5. The van der Waals surface area contributed by atoms with Crippen molar-refractivity contribution in [1.29, 1.82) is 0 Å². The second kappa shape index (κ2) is 5.62. The summed E-state index contributed by atoms with van der Waals surface area (Å²) < 4.78 is 0. The summed E-state index contributed by atoms with van der Waals surface area (Å²) in [5.41, 5.74) is 2.62. The van der Waals surface area contributed by atoms with Crippen LogP contribution in [0.4, 0.5) is 0 Å². The molecule has 96 valence electrons. The molecule has 18 heavy (non-hydrogen) atoms. The molecule has 1 aromatic rings. The summed E-state index contributed by atoms with van der Waals surface area (Å²) in [5.74, 6) is -0.246. The van der Waals surface area contributed by atoms with E-state index < -0.39 is 5.97 Å². The zero-order valence-corrected chi connectivity index (χ0v) is 10.4. The lowest BCUT2D eigenvalue weighted by atomic mass is 10.0. The van der Waals surface area contributed by atoms with Gasteiger partial charge in [-0.1, -0.05) is 6.08 Å². The lowest BCUT2D eigenvalue weighted by Gasteiger charge is -2.16. The lowest BCUT2D eigenvalue weighted by molar-refractivity contribution is -0.213. The van der Waals surface area contributed by atoms with Crippen molar-refractivity contribution in [3.63, 3.8) is 0 Å². The van der Waals surface area contributed by atoms with Crippen LogP contribution in [0.1, 0.15) is 36.8 Å². The molecule has 0 N–H and O–H groups in total. The predicted octanol–water partition coefficient (Wildman–Crippen LogP) is 1.94. The quantitative estimate of drug-likeness (QED) is 0.463. The number of hydrogen-bond donors (Lipinski definition) is 0. The molecule has 0 atom stereocenters. The first-order valence-corrected chi connectivity index (χ1v) is 6.05. The van der Waals surface area contributed by atoms with Crippen molar-refractivity contribution in [2.24, 2.45) is 0 Å². The maximum Gasteiger partial charge on any atom is 0.352 e. The normalized spacial score (nSPS) is 13.6. The summed E-state index contributed by atoms with van der Waals surface area (Å²) in [6.45, 7) is 4.95. The van der Waals surface area contributed by atoms with Gasteiger partial charge in [-0.05, 0) is 25.7 Å². The fraction of sp³-hybridized carbons (Fsp3) is 0.462. The SMILES string of the molecule is C=CCc1nc2c(nc1OOC(C)=O)CCCC2. The highest BCUT2D eigenvalue weighted by Crippen LogP contribution is 2.23. The third kappa shape index (κ3) is 2.85. The fourth-order valence-corrected chi connectivity index (χ4v) is 1.95. The number of aromatic nitrogens is 2. The van der Waals surface area contributed by atoms with E-state index in [2.05, 4.69) is 21.4 Å². The summed E-state index contributed by atoms with van der Waals surface area (Å²) >= 11 is 0. The van der Waals surface area contributed by atoms with Crippen LogP contribution in [0.3, 0.4) is 0 Å². The Balaban J connectivity index is 2.29. The average Bonchev–Trinajstić information content (AvgIpc) is 2.36.